The van der Waals surface area contributed by atoms with Gasteiger partial charge in [-0.25, -0.2) is 0 Å². The van der Waals surface area contributed by atoms with Crippen LogP contribution in [-0.2, 0) is 0 Å². The highest BCUT2D eigenvalue weighted by atomic mass is 15.2. The fourth-order valence-electron chi connectivity index (χ4n) is 2.43. The van der Waals surface area contributed by atoms with Gasteiger partial charge in [-0.2, -0.15) is 0 Å². The summed E-state index contributed by atoms with van der Waals surface area (Å²) in [6.45, 7) is 8.86. The molecule has 1 heteroatoms. The SMILES string of the molecule is CC.CCC(c1ccccc1)N1CCCC1. The van der Waals surface area contributed by atoms with E-state index in [4.69, 9.17) is 0 Å². The highest BCUT2D eigenvalue weighted by molar-refractivity contribution is 5.19. The van der Waals surface area contributed by atoms with Gasteiger partial charge in [0.2, 0.25) is 0 Å². The quantitative estimate of drug-likeness (QED) is 0.734. The minimum Gasteiger partial charge on any atom is -0.296 e. The molecule has 0 bridgehead atoms. The summed E-state index contributed by atoms with van der Waals surface area (Å²) < 4.78 is 0. The normalized spacial score (nSPS) is 17.7. The Morgan fingerprint density at radius 3 is 2.12 bits per heavy atom. The highest BCUT2D eigenvalue weighted by Gasteiger charge is 2.21. The maximum Gasteiger partial charge on any atom is 0.0345 e. The molecule has 1 aromatic carbocycles. The van der Waals surface area contributed by atoms with E-state index in [9.17, 15) is 0 Å². The van der Waals surface area contributed by atoms with Crippen LogP contribution in [0.25, 0.3) is 0 Å². The molecule has 0 N–H and O–H groups in total. The maximum atomic E-state index is 2.62. The lowest BCUT2D eigenvalue weighted by atomic mass is 10.0. The fourth-order valence-corrected chi connectivity index (χ4v) is 2.43. The van der Waals surface area contributed by atoms with Crippen LogP contribution in [0.2, 0.25) is 0 Å². The average Bonchev–Trinajstić information content (AvgIpc) is 2.88. The van der Waals surface area contributed by atoms with Crippen LogP contribution in [0.15, 0.2) is 30.3 Å². The van der Waals surface area contributed by atoms with Crippen LogP contribution in [0.5, 0.6) is 0 Å². The molecule has 1 atom stereocenters. The number of hydrogen-bond acceptors (Lipinski definition) is 1. The zero-order valence-electron chi connectivity index (χ0n) is 10.9. The van der Waals surface area contributed by atoms with Crippen LogP contribution < -0.4 is 0 Å². The second-order valence-corrected chi connectivity index (χ2v) is 4.08. The largest absolute Gasteiger partial charge is 0.296 e. The second-order valence-electron chi connectivity index (χ2n) is 4.08. The zero-order valence-corrected chi connectivity index (χ0v) is 10.9. The molecule has 2 rings (SSSR count). The monoisotopic (exact) mass is 219 g/mol. The number of rotatable bonds is 3. The first-order valence-corrected chi connectivity index (χ1v) is 6.71. The van der Waals surface area contributed by atoms with E-state index in [1.807, 2.05) is 13.8 Å². The first-order valence-electron chi connectivity index (χ1n) is 6.71. The van der Waals surface area contributed by atoms with Crippen molar-refractivity contribution in [3.63, 3.8) is 0 Å². The maximum absolute atomic E-state index is 2.62. The molecular formula is C15H25N. The summed E-state index contributed by atoms with van der Waals surface area (Å²) in [5.41, 5.74) is 1.48. The number of benzene rings is 1. The van der Waals surface area contributed by atoms with E-state index < -0.39 is 0 Å². The molecule has 0 saturated carbocycles. The van der Waals surface area contributed by atoms with Crippen LogP contribution in [0, 0.1) is 0 Å². The molecule has 1 saturated heterocycles. The molecular weight excluding hydrogens is 194 g/mol. The van der Waals surface area contributed by atoms with Crippen molar-refractivity contribution in [2.24, 2.45) is 0 Å². The lowest BCUT2D eigenvalue weighted by molar-refractivity contribution is 0.239. The zero-order chi connectivity index (χ0) is 11.8. The molecule has 1 aliphatic heterocycles. The molecule has 0 radical (unpaired) electrons. The summed E-state index contributed by atoms with van der Waals surface area (Å²) in [5, 5.41) is 0. The molecule has 16 heavy (non-hydrogen) atoms. The summed E-state index contributed by atoms with van der Waals surface area (Å²) in [4.78, 5) is 2.62. The van der Waals surface area contributed by atoms with Gasteiger partial charge in [-0.3, -0.25) is 4.90 Å². The topological polar surface area (TPSA) is 3.24 Å². The minimum absolute atomic E-state index is 0.652. The van der Waals surface area contributed by atoms with E-state index in [0.717, 1.165) is 0 Å². The highest BCUT2D eigenvalue weighted by Crippen LogP contribution is 2.27. The van der Waals surface area contributed by atoms with Crippen LogP contribution >= 0.6 is 0 Å². The third kappa shape index (κ3) is 3.34. The van der Waals surface area contributed by atoms with Crippen molar-refractivity contribution in [2.45, 2.75) is 46.1 Å². The Labute approximate surface area is 100 Å². The van der Waals surface area contributed by atoms with Crippen molar-refractivity contribution in [3.05, 3.63) is 35.9 Å². The molecule has 1 aliphatic rings. The lowest BCUT2D eigenvalue weighted by Gasteiger charge is -2.26. The van der Waals surface area contributed by atoms with Gasteiger partial charge < -0.3 is 0 Å². The molecule has 1 heterocycles. The molecule has 1 unspecified atom stereocenters. The van der Waals surface area contributed by atoms with Crippen molar-refractivity contribution in [1.29, 1.82) is 0 Å². The van der Waals surface area contributed by atoms with Crippen molar-refractivity contribution >= 4 is 0 Å². The Balaban J connectivity index is 0.000000606. The van der Waals surface area contributed by atoms with E-state index in [1.54, 1.807) is 0 Å². The molecule has 1 nitrogen and oxygen atoms in total. The van der Waals surface area contributed by atoms with Crippen LogP contribution in [0.3, 0.4) is 0 Å². The Morgan fingerprint density at radius 2 is 1.62 bits per heavy atom. The summed E-state index contributed by atoms with van der Waals surface area (Å²) in [5.74, 6) is 0. The van der Waals surface area contributed by atoms with E-state index in [-0.39, 0.29) is 0 Å². The number of nitrogens with zero attached hydrogens (tertiary/aromatic N) is 1. The van der Waals surface area contributed by atoms with Gasteiger partial charge in [-0.15, -0.1) is 0 Å². The molecule has 0 amide bonds. The predicted molar refractivity (Wildman–Crippen MR) is 71.6 cm³/mol. The third-order valence-corrected chi connectivity index (χ3v) is 3.15. The summed E-state index contributed by atoms with van der Waals surface area (Å²) in [7, 11) is 0. The molecule has 0 aliphatic carbocycles. The second kappa shape index (κ2) is 7.45. The summed E-state index contributed by atoms with van der Waals surface area (Å²) in [6, 6.07) is 11.6. The minimum atomic E-state index is 0.652. The van der Waals surface area contributed by atoms with Crippen LogP contribution in [0.4, 0.5) is 0 Å². The van der Waals surface area contributed by atoms with Gasteiger partial charge >= 0.3 is 0 Å². The van der Waals surface area contributed by atoms with Gasteiger partial charge in [0.1, 0.15) is 0 Å². The number of hydrogen-bond donors (Lipinski definition) is 0. The van der Waals surface area contributed by atoms with Crippen molar-refractivity contribution < 1.29 is 0 Å². The Morgan fingerprint density at radius 1 is 1.06 bits per heavy atom. The van der Waals surface area contributed by atoms with Gasteiger partial charge in [-0.05, 0) is 37.9 Å². The van der Waals surface area contributed by atoms with E-state index >= 15 is 0 Å². The summed E-state index contributed by atoms with van der Waals surface area (Å²) >= 11 is 0. The molecule has 0 aromatic heterocycles. The first-order chi connectivity index (χ1) is 7.92. The van der Waals surface area contributed by atoms with Gasteiger partial charge in [0.15, 0.2) is 0 Å². The third-order valence-electron chi connectivity index (χ3n) is 3.15. The number of likely N-dealkylation sites (tertiary alicyclic amines) is 1. The van der Waals surface area contributed by atoms with Crippen LogP contribution in [-0.4, -0.2) is 18.0 Å². The predicted octanol–water partition coefficient (Wildman–Crippen LogP) is 4.26. The van der Waals surface area contributed by atoms with Gasteiger partial charge in [0, 0.05) is 6.04 Å². The molecule has 1 aromatic rings. The van der Waals surface area contributed by atoms with Gasteiger partial charge in [-0.1, -0.05) is 51.1 Å². The Hall–Kier alpha value is -0.820. The van der Waals surface area contributed by atoms with Crippen molar-refractivity contribution in [1.82, 2.24) is 4.90 Å². The van der Waals surface area contributed by atoms with Gasteiger partial charge in [0.25, 0.3) is 0 Å². The summed E-state index contributed by atoms with van der Waals surface area (Å²) in [6.07, 6.45) is 3.98. The van der Waals surface area contributed by atoms with E-state index in [0.29, 0.717) is 6.04 Å². The van der Waals surface area contributed by atoms with Gasteiger partial charge in [0.05, 0.1) is 0 Å². The van der Waals surface area contributed by atoms with E-state index in [2.05, 4.69) is 42.2 Å². The molecule has 0 spiro atoms. The smallest absolute Gasteiger partial charge is 0.0345 e. The molecule has 90 valence electrons. The van der Waals surface area contributed by atoms with Crippen LogP contribution in [0.1, 0.15) is 51.6 Å². The first kappa shape index (κ1) is 13.2. The fraction of sp³-hybridized carbons (Fsp3) is 0.600. The van der Waals surface area contributed by atoms with Crippen molar-refractivity contribution in [3.8, 4) is 0 Å². The molecule has 1 fully saturated rings. The van der Waals surface area contributed by atoms with Crippen molar-refractivity contribution in [2.75, 3.05) is 13.1 Å². The Bertz CT molecular complexity index is 262. The lowest BCUT2D eigenvalue weighted by Crippen LogP contribution is -2.24. The Kier molecular flexibility index (Phi) is 6.17. The van der Waals surface area contributed by atoms with E-state index in [1.165, 1.54) is 37.9 Å². The average molecular weight is 219 g/mol. The standard InChI is InChI=1S/C13H19N.C2H6/c1-2-13(14-10-6-7-11-14)12-8-4-3-5-9-12;1-2/h3-5,8-9,13H,2,6-7,10-11H2,1H3;1-2H3.